The fourth-order valence-corrected chi connectivity index (χ4v) is 2.07. The Balaban J connectivity index is 1.98. The molecule has 0 aromatic heterocycles. The van der Waals surface area contributed by atoms with E-state index in [0.29, 0.717) is 11.3 Å². The van der Waals surface area contributed by atoms with E-state index in [1.54, 1.807) is 24.3 Å². The van der Waals surface area contributed by atoms with Crippen LogP contribution in [-0.2, 0) is 4.79 Å². The molecule has 0 bridgehead atoms. The van der Waals surface area contributed by atoms with Gasteiger partial charge in [-0.25, -0.2) is 0 Å². The second-order valence-corrected chi connectivity index (χ2v) is 4.88. The van der Waals surface area contributed by atoms with Gasteiger partial charge in [-0.3, -0.25) is 4.79 Å². The molecule has 0 heterocycles. The molecular weight excluding hydrogens is 262 g/mol. The zero-order valence-corrected chi connectivity index (χ0v) is 12.1. The van der Waals surface area contributed by atoms with Crippen molar-refractivity contribution in [2.75, 3.05) is 17.2 Å². The molecule has 2 aromatic carbocycles. The molecule has 2 aromatic rings. The van der Waals surface area contributed by atoms with Gasteiger partial charge in [0.05, 0.1) is 17.8 Å². The maximum Gasteiger partial charge on any atom is 0.243 e. The highest BCUT2D eigenvalue weighted by molar-refractivity contribution is 5.95. The number of nitrogens with one attached hydrogen (secondary N) is 2. The van der Waals surface area contributed by atoms with Gasteiger partial charge in [0.25, 0.3) is 0 Å². The average Bonchev–Trinajstić information content (AvgIpc) is 2.47. The first-order valence-corrected chi connectivity index (χ1v) is 6.70. The Morgan fingerprint density at radius 1 is 1.14 bits per heavy atom. The number of carbonyl (C=O) groups excluding carboxylic acids is 1. The molecule has 0 radical (unpaired) electrons. The molecule has 0 fully saturated rings. The number of benzene rings is 2. The Morgan fingerprint density at radius 2 is 1.90 bits per heavy atom. The summed E-state index contributed by atoms with van der Waals surface area (Å²) in [7, 11) is 0. The van der Waals surface area contributed by atoms with Crippen LogP contribution in [0.4, 0.5) is 11.4 Å². The molecule has 0 saturated carbocycles. The first kappa shape index (κ1) is 14.6. The number of nitriles is 1. The first-order valence-electron chi connectivity index (χ1n) is 6.70. The van der Waals surface area contributed by atoms with E-state index in [-0.39, 0.29) is 12.5 Å². The summed E-state index contributed by atoms with van der Waals surface area (Å²) < 4.78 is 0. The molecule has 0 saturated heterocycles. The van der Waals surface area contributed by atoms with E-state index in [1.807, 2.05) is 26.0 Å². The minimum atomic E-state index is -0.183. The van der Waals surface area contributed by atoms with Crippen molar-refractivity contribution < 1.29 is 4.79 Å². The van der Waals surface area contributed by atoms with Gasteiger partial charge >= 0.3 is 0 Å². The maximum atomic E-state index is 11.9. The second kappa shape index (κ2) is 6.58. The van der Waals surface area contributed by atoms with Crippen molar-refractivity contribution in [3.8, 4) is 6.07 Å². The number of hydrogen-bond acceptors (Lipinski definition) is 3. The number of anilines is 2. The zero-order chi connectivity index (χ0) is 15.2. The number of aryl methyl sites for hydroxylation is 2. The first-order chi connectivity index (χ1) is 10.1. The molecule has 4 heteroatoms. The lowest BCUT2D eigenvalue weighted by Gasteiger charge is -2.11. The van der Waals surface area contributed by atoms with E-state index in [2.05, 4.69) is 22.8 Å². The van der Waals surface area contributed by atoms with E-state index in [0.717, 1.165) is 11.3 Å². The predicted octanol–water partition coefficient (Wildman–Crippen LogP) is 3.23. The SMILES string of the molecule is Cc1ccc(NCC(=O)Nc2ccccc2C#N)c(C)c1. The lowest BCUT2D eigenvalue weighted by molar-refractivity contribution is -0.114. The van der Waals surface area contributed by atoms with Gasteiger partial charge in [0.15, 0.2) is 0 Å². The van der Waals surface area contributed by atoms with Crippen LogP contribution in [-0.4, -0.2) is 12.5 Å². The molecule has 21 heavy (non-hydrogen) atoms. The van der Waals surface area contributed by atoms with Gasteiger partial charge in [0, 0.05) is 5.69 Å². The summed E-state index contributed by atoms with van der Waals surface area (Å²) in [6.45, 7) is 4.18. The zero-order valence-electron chi connectivity index (χ0n) is 12.1. The molecule has 0 aliphatic carbocycles. The van der Waals surface area contributed by atoms with Crippen LogP contribution in [0, 0.1) is 25.2 Å². The van der Waals surface area contributed by atoms with Gasteiger partial charge in [-0.2, -0.15) is 5.26 Å². The van der Waals surface area contributed by atoms with E-state index in [1.165, 1.54) is 5.56 Å². The Bertz CT molecular complexity index is 701. The predicted molar refractivity (Wildman–Crippen MR) is 84.2 cm³/mol. The Morgan fingerprint density at radius 3 is 2.62 bits per heavy atom. The third-order valence-corrected chi connectivity index (χ3v) is 3.14. The van der Waals surface area contributed by atoms with Crippen LogP contribution in [0.2, 0.25) is 0 Å². The summed E-state index contributed by atoms with van der Waals surface area (Å²) >= 11 is 0. The number of amides is 1. The van der Waals surface area contributed by atoms with Crippen LogP contribution in [0.5, 0.6) is 0 Å². The number of rotatable bonds is 4. The topological polar surface area (TPSA) is 64.9 Å². The van der Waals surface area contributed by atoms with Crippen LogP contribution in [0.25, 0.3) is 0 Å². The van der Waals surface area contributed by atoms with Crippen LogP contribution in [0.15, 0.2) is 42.5 Å². The highest BCUT2D eigenvalue weighted by Crippen LogP contribution is 2.16. The summed E-state index contributed by atoms with van der Waals surface area (Å²) in [6.07, 6.45) is 0. The molecule has 2 N–H and O–H groups in total. The number of para-hydroxylation sites is 1. The van der Waals surface area contributed by atoms with Crippen LogP contribution in [0.3, 0.4) is 0 Å². The van der Waals surface area contributed by atoms with E-state index >= 15 is 0 Å². The van der Waals surface area contributed by atoms with Crippen molar-refractivity contribution in [2.24, 2.45) is 0 Å². The second-order valence-electron chi connectivity index (χ2n) is 4.88. The van der Waals surface area contributed by atoms with E-state index in [4.69, 9.17) is 5.26 Å². The molecule has 2 rings (SSSR count). The Labute approximate surface area is 124 Å². The molecule has 106 valence electrons. The smallest absolute Gasteiger partial charge is 0.243 e. The van der Waals surface area contributed by atoms with Crippen molar-refractivity contribution in [3.05, 3.63) is 59.2 Å². The fraction of sp³-hybridized carbons (Fsp3) is 0.176. The van der Waals surface area contributed by atoms with Gasteiger partial charge < -0.3 is 10.6 Å². The van der Waals surface area contributed by atoms with Crippen molar-refractivity contribution >= 4 is 17.3 Å². The maximum absolute atomic E-state index is 11.9. The summed E-state index contributed by atoms with van der Waals surface area (Å²) in [5, 5.41) is 14.8. The summed E-state index contributed by atoms with van der Waals surface area (Å²) in [4.78, 5) is 11.9. The quantitative estimate of drug-likeness (QED) is 0.903. The molecule has 0 atom stereocenters. The van der Waals surface area contributed by atoms with Gasteiger partial charge in [-0.15, -0.1) is 0 Å². The summed E-state index contributed by atoms with van der Waals surface area (Å²) in [6, 6.07) is 15.0. The van der Waals surface area contributed by atoms with Crippen LogP contribution >= 0.6 is 0 Å². The molecule has 0 spiro atoms. The Kier molecular flexibility index (Phi) is 4.57. The lowest BCUT2D eigenvalue weighted by Crippen LogP contribution is -2.22. The lowest BCUT2D eigenvalue weighted by atomic mass is 10.1. The van der Waals surface area contributed by atoms with Gasteiger partial charge in [0.1, 0.15) is 6.07 Å². The van der Waals surface area contributed by atoms with Crippen LogP contribution < -0.4 is 10.6 Å². The molecule has 1 amide bonds. The van der Waals surface area contributed by atoms with Crippen molar-refractivity contribution in [2.45, 2.75) is 13.8 Å². The fourth-order valence-electron chi connectivity index (χ4n) is 2.07. The third kappa shape index (κ3) is 3.83. The highest BCUT2D eigenvalue weighted by atomic mass is 16.1. The Hall–Kier alpha value is -2.80. The minimum Gasteiger partial charge on any atom is -0.376 e. The van der Waals surface area contributed by atoms with Gasteiger partial charge in [-0.05, 0) is 37.6 Å². The standard InChI is InChI=1S/C17H17N3O/c1-12-7-8-15(13(2)9-12)19-11-17(21)20-16-6-4-3-5-14(16)10-18/h3-9,19H,11H2,1-2H3,(H,20,21). The molecule has 0 aliphatic rings. The average molecular weight is 279 g/mol. The minimum absolute atomic E-state index is 0.156. The number of hydrogen-bond donors (Lipinski definition) is 2. The summed E-state index contributed by atoms with van der Waals surface area (Å²) in [5.41, 5.74) is 4.21. The van der Waals surface area contributed by atoms with Crippen molar-refractivity contribution in [1.29, 1.82) is 5.26 Å². The molecule has 4 nitrogen and oxygen atoms in total. The number of nitrogens with zero attached hydrogens (tertiary/aromatic N) is 1. The summed E-state index contributed by atoms with van der Waals surface area (Å²) in [5.74, 6) is -0.183. The van der Waals surface area contributed by atoms with E-state index in [9.17, 15) is 4.79 Å². The van der Waals surface area contributed by atoms with Crippen LogP contribution in [0.1, 0.15) is 16.7 Å². The van der Waals surface area contributed by atoms with Gasteiger partial charge in [-0.1, -0.05) is 29.8 Å². The largest absolute Gasteiger partial charge is 0.376 e. The molecule has 0 unspecified atom stereocenters. The molecular formula is C17H17N3O. The number of carbonyl (C=O) groups is 1. The molecule has 0 aliphatic heterocycles. The third-order valence-electron chi connectivity index (χ3n) is 3.14. The van der Waals surface area contributed by atoms with E-state index < -0.39 is 0 Å². The van der Waals surface area contributed by atoms with Crippen molar-refractivity contribution in [3.63, 3.8) is 0 Å². The normalized spacial score (nSPS) is 9.76. The monoisotopic (exact) mass is 279 g/mol. The van der Waals surface area contributed by atoms with Gasteiger partial charge in [0.2, 0.25) is 5.91 Å². The van der Waals surface area contributed by atoms with Crippen molar-refractivity contribution in [1.82, 2.24) is 0 Å². The highest BCUT2D eigenvalue weighted by Gasteiger charge is 2.06.